The molecule has 722 valence electrons. The molecule has 20 rings (SSSR count). The summed E-state index contributed by atoms with van der Waals surface area (Å²) in [6.07, 6.45) is 4.95. The molecule has 11 aromatic carbocycles. The highest BCUT2D eigenvalue weighted by Gasteiger charge is 2.40. The van der Waals surface area contributed by atoms with Crippen molar-refractivity contribution >= 4 is 111 Å². The standard InChI is InChI=1S/C32H39N5O3.C16H12ClNO.2C16H11N3O5S.C14H14ClN.C13H11F.C2H6/c1-22-10-12-24(13-11-22)37-30(20-29(35-37)32(3,4)5)34-31(38)33-27-14-15-28(26-9-7-6-8-25(26)27)40-19-17-36-16-18-39-23(2)21-36;1-11-10-18(15-5-3-2-4-14(11)15)16(19)12-6-8-13(17)9-7-12;2*1-18-13-14(10-6-2-3-7-11(10)25(18,22)23)24-16(21)19(15(13)20)12-8-4-5-9-17-12;1-10-6-3-4-8-13(10)16-14-9-5-7-12(15)11(14)2;1-10-7-8-12(13(14)9-10)11-5-3-2-4-6-11;1-2/h6-15,20,23H,16-19,21H2,1-5H3,(H2,33,34,38);2-10H,1H3;2*2-9H,1H3;3-9,16H,1-2H3;2-9H,1H3;1-2H3. The molecule has 1 unspecified atom stereocenters. The zero-order valence-corrected chi connectivity index (χ0v) is 82.8. The molecule has 3 aliphatic heterocycles. The van der Waals surface area contributed by atoms with E-state index in [0.717, 1.165) is 118 Å². The molecule has 32 heteroatoms. The summed E-state index contributed by atoms with van der Waals surface area (Å²) in [5.41, 5.74) is 11.4. The fourth-order valence-electron chi connectivity index (χ4n) is 15.7. The number of nitrogens with one attached hydrogen (secondary N) is 3. The number of urea groups is 1. The molecule has 3 N–H and O–H groups in total. The molecule has 6 aromatic heterocycles. The van der Waals surface area contributed by atoms with Gasteiger partial charge in [0.05, 0.1) is 45.1 Å². The molecule has 1 atom stereocenters. The largest absolute Gasteiger partial charge is 0.492 e. The number of para-hydroxylation sites is 2. The lowest BCUT2D eigenvalue weighted by Gasteiger charge is -2.30. The number of amides is 2. The van der Waals surface area contributed by atoms with Crippen LogP contribution >= 0.6 is 23.2 Å². The van der Waals surface area contributed by atoms with Crippen molar-refractivity contribution in [1.82, 2.24) is 38.3 Å². The van der Waals surface area contributed by atoms with Crippen LogP contribution in [-0.2, 0) is 30.2 Å². The zero-order valence-electron chi connectivity index (χ0n) is 79.7. The minimum atomic E-state index is -3.93. The van der Waals surface area contributed by atoms with Gasteiger partial charge < -0.3 is 28.9 Å². The summed E-state index contributed by atoms with van der Waals surface area (Å²) in [5.74, 6) is -0.720. The molecule has 141 heavy (non-hydrogen) atoms. The third-order valence-electron chi connectivity index (χ3n) is 23.1. The molecule has 0 radical (unpaired) electrons. The number of rotatable bonds is 13. The van der Waals surface area contributed by atoms with Crippen molar-refractivity contribution < 1.29 is 49.1 Å². The maximum Gasteiger partial charge on any atom is 0.428 e. The fraction of sp³-hybridized carbons (Fsp3) is 0.183. The highest BCUT2D eigenvalue weighted by molar-refractivity contribution is 7.93. The smallest absolute Gasteiger partial charge is 0.428 e. The average molecular weight is 1970 g/mol. The van der Waals surface area contributed by atoms with E-state index in [0.29, 0.717) is 43.4 Å². The van der Waals surface area contributed by atoms with Gasteiger partial charge in [0.15, 0.2) is 22.9 Å². The van der Waals surface area contributed by atoms with Crippen LogP contribution in [0.5, 0.6) is 5.75 Å². The van der Waals surface area contributed by atoms with Gasteiger partial charge in [-0.05, 0) is 197 Å². The lowest BCUT2D eigenvalue weighted by molar-refractivity contribution is -0.0213. The Bertz CT molecular complexity index is 7740. The summed E-state index contributed by atoms with van der Waals surface area (Å²) in [4.78, 5) is 86.6. The van der Waals surface area contributed by atoms with Crippen molar-refractivity contribution in [1.29, 1.82) is 0 Å². The molecule has 0 aliphatic carbocycles. The van der Waals surface area contributed by atoms with Crippen LogP contribution < -0.4 is 51.9 Å². The second-order valence-electron chi connectivity index (χ2n) is 33.9. The van der Waals surface area contributed by atoms with Crippen LogP contribution in [0.15, 0.2) is 348 Å². The van der Waals surface area contributed by atoms with Crippen LogP contribution in [0.1, 0.15) is 85.4 Å². The fourth-order valence-corrected chi connectivity index (χ4v) is 18.8. The van der Waals surface area contributed by atoms with Crippen molar-refractivity contribution in [2.75, 3.05) is 71.5 Å². The molecule has 0 bridgehead atoms. The van der Waals surface area contributed by atoms with Gasteiger partial charge in [-0.2, -0.15) is 14.2 Å². The molecule has 3 aliphatic rings. The number of carbonyl (C=O) groups is 2. The number of aryl methyl sites for hydroxylation is 4. The Labute approximate surface area is 825 Å². The van der Waals surface area contributed by atoms with Crippen molar-refractivity contribution in [3.63, 3.8) is 0 Å². The first kappa shape index (κ1) is 101. The molecule has 0 saturated carbocycles. The highest BCUT2D eigenvalue weighted by atomic mass is 35.5. The van der Waals surface area contributed by atoms with E-state index in [2.05, 4.69) is 77.6 Å². The lowest BCUT2D eigenvalue weighted by Crippen LogP contribution is -2.42. The lowest BCUT2D eigenvalue weighted by atomic mass is 9.92. The predicted octanol–water partition coefficient (Wildman–Crippen LogP) is 22.2. The molecule has 1 fully saturated rings. The van der Waals surface area contributed by atoms with Crippen molar-refractivity contribution in [2.24, 2.45) is 0 Å². The van der Waals surface area contributed by atoms with E-state index < -0.39 is 42.7 Å². The monoisotopic (exact) mass is 1970 g/mol. The van der Waals surface area contributed by atoms with Crippen molar-refractivity contribution in [2.45, 2.75) is 97.5 Å². The van der Waals surface area contributed by atoms with Crippen LogP contribution in [0.3, 0.4) is 0 Å². The molecule has 9 heterocycles. The Kier molecular flexibility index (Phi) is 32.1. The molecule has 1 saturated heterocycles. The number of nitrogens with zero attached hydrogens (tertiary/aromatic N) is 10. The second kappa shape index (κ2) is 44.6. The summed E-state index contributed by atoms with van der Waals surface area (Å²) in [5, 5.41) is 18.7. The van der Waals surface area contributed by atoms with Crippen LogP contribution in [-0.4, -0.2) is 120 Å². The van der Waals surface area contributed by atoms with Gasteiger partial charge in [-0.25, -0.2) is 50.3 Å². The van der Waals surface area contributed by atoms with Gasteiger partial charge in [0.2, 0.25) is 0 Å². The Morgan fingerprint density at radius 1 is 0.539 bits per heavy atom. The summed E-state index contributed by atoms with van der Waals surface area (Å²) in [7, 11) is -5.37. The molecule has 2 amide bonds. The normalized spacial score (nSPS) is 13.5. The first-order valence-corrected chi connectivity index (χ1v) is 48.9. The minimum Gasteiger partial charge on any atom is -0.492 e. The number of morpholine rings is 1. The number of hydrogen-bond acceptors (Lipinski definition) is 19. The number of sulfonamides is 2. The van der Waals surface area contributed by atoms with Crippen LogP contribution in [0, 0.1) is 40.4 Å². The molecule has 0 spiro atoms. The van der Waals surface area contributed by atoms with Gasteiger partial charge in [-0.3, -0.25) is 37.8 Å². The van der Waals surface area contributed by atoms with E-state index in [1.807, 2.05) is 212 Å². The average Bonchev–Trinajstić information content (AvgIpc) is 1.72. The number of benzene rings is 11. The van der Waals surface area contributed by atoms with Gasteiger partial charge in [-0.1, -0.05) is 221 Å². The zero-order chi connectivity index (χ0) is 101. The molecule has 17 aromatic rings. The minimum absolute atomic E-state index is 0.0249. The highest BCUT2D eigenvalue weighted by Crippen LogP contribution is 2.43. The van der Waals surface area contributed by atoms with Gasteiger partial charge in [0.25, 0.3) is 37.1 Å². The molecular weight excluding hydrogens is 1870 g/mol. The first-order chi connectivity index (χ1) is 67.6. The Hall–Kier alpha value is -15.4. The van der Waals surface area contributed by atoms with Crippen LogP contribution in [0.4, 0.5) is 43.4 Å². The Morgan fingerprint density at radius 2 is 1.08 bits per heavy atom. The summed E-state index contributed by atoms with van der Waals surface area (Å²) >= 11 is 11.9. The number of carbonyl (C=O) groups excluding carboxylic acids is 2. The molecular formula is C109H104Cl2FN13O14S2. The molecule has 27 nitrogen and oxygen atoms in total. The van der Waals surface area contributed by atoms with Gasteiger partial charge in [0, 0.05) is 124 Å². The number of aromatic nitrogens is 7. The topological polar surface area (TPSA) is 320 Å². The number of fused-ring (bicyclic) bond motifs is 8. The van der Waals surface area contributed by atoms with Crippen molar-refractivity contribution in [3.05, 3.63) is 407 Å². The van der Waals surface area contributed by atoms with Crippen molar-refractivity contribution in [3.8, 4) is 56.8 Å². The Balaban J connectivity index is 0.000000139. The number of halogens is 3. The van der Waals surface area contributed by atoms with Crippen LogP contribution in [0.2, 0.25) is 10.0 Å². The van der Waals surface area contributed by atoms with Gasteiger partial charge in [-0.15, -0.1) is 0 Å². The third-order valence-corrected chi connectivity index (χ3v) is 27.4. The number of anilines is 6. The van der Waals surface area contributed by atoms with E-state index in [9.17, 15) is 50.0 Å². The maximum absolute atomic E-state index is 13.5. The van der Waals surface area contributed by atoms with E-state index >= 15 is 0 Å². The second-order valence-corrected chi connectivity index (χ2v) is 38.6. The van der Waals surface area contributed by atoms with E-state index in [1.54, 1.807) is 88.1 Å². The third kappa shape index (κ3) is 22.9. The SMILES string of the molecule is CC.CN1c2c(oc(=O)n(-c3ccccn3)c2=O)-c2ccccc2S1(=O)=O.CN1c2c(oc(=O)n(-c3ccccn3)c2=O)-c2ccccc2S1(=O)=O.Cc1ccc(-c2ccccc2)c(F)c1.Cc1ccc(-n2nc(C(C)(C)C)cc2NC(=O)Nc2ccc(OCCN3CCOC(C)C3)c3ccccc23)cc1.Cc1ccccc1Nc1cccc(Cl)c1C.Cc1cn(C(=O)c2ccc(Cl)cc2)c2ccccc12. The quantitative estimate of drug-likeness (QED) is 0.0965. The Morgan fingerprint density at radius 3 is 1.65 bits per heavy atom. The van der Waals surface area contributed by atoms with Gasteiger partial charge in [0.1, 0.15) is 35.6 Å². The summed E-state index contributed by atoms with van der Waals surface area (Å²) in [6.45, 7) is 26.5. The van der Waals surface area contributed by atoms with E-state index in [-0.39, 0.29) is 84.7 Å². The van der Waals surface area contributed by atoms with E-state index in [1.165, 1.54) is 68.5 Å². The number of hydrogen-bond donors (Lipinski definition) is 3. The maximum atomic E-state index is 13.5. The van der Waals surface area contributed by atoms with E-state index in [4.69, 9.17) is 46.6 Å². The van der Waals surface area contributed by atoms with Crippen LogP contribution in [0.25, 0.3) is 72.8 Å². The predicted molar refractivity (Wildman–Crippen MR) is 556 cm³/mol. The summed E-state index contributed by atoms with van der Waals surface area (Å²) in [6, 6.07) is 86.7. The first-order valence-electron chi connectivity index (χ1n) is 45.2. The number of ether oxygens (including phenoxy) is 2. The number of pyridine rings is 2. The van der Waals surface area contributed by atoms with Gasteiger partial charge >= 0.3 is 17.5 Å². The summed E-state index contributed by atoms with van der Waals surface area (Å²) < 4.78 is 93.3.